The summed E-state index contributed by atoms with van der Waals surface area (Å²) in [7, 11) is 0. The van der Waals surface area contributed by atoms with E-state index in [1.54, 1.807) is 66.2 Å². The number of thiazole rings is 3. The van der Waals surface area contributed by atoms with Crippen LogP contribution in [0.15, 0.2) is 103 Å². The van der Waals surface area contributed by atoms with E-state index in [-0.39, 0.29) is 108 Å². The summed E-state index contributed by atoms with van der Waals surface area (Å²) in [5, 5.41) is 28.9. The first-order valence-corrected chi connectivity index (χ1v) is 30.3. The van der Waals surface area contributed by atoms with Crippen molar-refractivity contribution in [3.8, 4) is 0 Å². The highest BCUT2D eigenvalue weighted by Crippen LogP contribution is 2.35. The number of rotatable bonds is 18. The average Bonchev–Trinajstić information content (AvgIpc) is 4.47. The van der Waals surface area contributed by atoms with Crippen LogP contribution in [0.5, 0.6) is 0 Å². The van der Waals surface area contributed by atoms with Gasteiger partial charge < -0.3 is 34.3 Å². The van der Waals surface area contributed by atoms with Gasteiger partial charge in [0.05, 0.1) is 62.6 Å². The molecule has 0 bridgehead atoms. The molecule has 424 valence electrons. The summed E-state index contributed by atoms with van der Waals surface area (Å²) in [5.41, 5.74) is 8.22. The number of carbonyl (C=O) groups is 3. The van der Waals surface area contributed by atoms with E-state index in [1.807, 2.05) is 19.9 Å². The third-order valence-electron chi connectivity index (χ3n) is 12.3. The molecule has 0 saturated carbocycles. The number of carboxylic acid groups (broad SMARTS) is 1. The van der Waals surface area contributed by atoms with Gasteiger partial charge in [-0.25, -0.2) is 32.9 Å². The van der Waals surface area contributed by atoms with Gasteiger partial charge in [0, 0.05) is 75.6 Å². The third-order valence-corrected chi connectivity index (χ3v) is 17.2. The molecule has 1 saturated heterocycles. The molecule has 1 fully saturated rings. The van der Waals surface area contributed by atoms with Gasteiger partial charge in [0.15, 0.2) is 34.8 Å². The first kappa shape index (κ1) is 62.7. The minimum atomic E-state index is -1.17. The lowest BCUT2D eigenvalue weighted by molar-refractivity contribution is -0.144. The van der Waals surface area contributed by atoms with Crippen LogP contribution in [0.4, 0.5) is 13.2 Å². The number of ketones is 2. The fourth-order valence-corrected chi connectivity index (χ4v) is 12.8. The number of hydrogen-bond donors (Lipinski definition) is 3. The molecule has 10 rings (SSSR count). The normalized spacial score (nSPS) is 14.2. The lowest BCUT2D eigenvalue weighted by Gasteiger charge is -2.17. The molecule has 1 aliphatic rings. The van der Waals surface area contributed by atoms with Crippen LogP contribution >= 0.6 is 117 Å². The molecule has 0 spiro atoms. The monoisotopic (exact) mass is 1410 g/mol. The van der Waals surface area contributed by atoms with Crippen molar-refractivity contribution in [2.45, 2.75) is 51.1 Å². The molecule has 1 aliphatic heterocycles. The van der Waals surface area contributed by atoms with Crippen LogP contribution in [0.25, 0.3) is 30.6 Å². The largest absolute Gasteiger partial charge is 0.478 e. The lowest BCUT2D eigenvalue weighted by Crippen LogP contribution is -2.25. The molecule has 4 heterocycles. The van der Waals surface area contributed by atoms with E-state index in [4.69, 9.17) is 58.9 Å². The van der Waals surface area contributed by atoms with E-state index in [0.717, 1.165) is 13.4 Å². The number of aliphatic hydroxyl groups excluding tert-OH is 2. The number of benzene rings is 6. The molecule has 13 nitrogen and oxygen atoms in total. The van der Waals surface area contributed by atoms with E-state index >= 15 is 8.78 Å². The number of aliphatic hydroxyl groups is 2. The van der Waals surface area contributed by atoms with Crippen molar-refractivity contribution < 1.29 is 61.8 Å². The summed E-state index contributed by atoms with van der Waals surface area (Å²) in [6.45, 7) is 3.07. The predicted octanol–water partition coefficient (Wildman–Crippen LogP) is 14.9. The Morgan fingerprint density at radius 2 is 1.04 bits per heavy atom. The van der Waals surface area contributed by atoms with Crippen LogP contribution in [0.2, 0.25) is 15.1 Å². The number of halogens is 9. The first-order chi connectivity index (χ1) is 38.6. The summed E-state index contributed by atoms with van der Waals surface area (Å²) in [5.74, 6) is -4.23. The molecular weight excluding hydrogens is 1370 g/mol. The standard InChI is InChI=1S/C22H20BrClFNO4S.C19H16BrClFNO4S.C15H8BrClFNO2S/c1-22(2)29-9-14(30-22)8-28-10-18(27)15-7-19-21(26-11-31-19)20(25)16(15)5-12-3-4-13(23)6-17(12)24;20-11-2-1-10(15(21)4-11)3-14-13(16(26)8-27-7-12(25)6-24)5-17-19(18(14)22)23-9-28-17;16-8-2-1-7(11(17)4-8)3-9-10(15(20)21)5-12-14(13(9)18)19-6-22-12/h3-4,6-7,11,14H,5,8-10H2,1-2H3;1-2,4-5,9,12,24-25H,3,6-8H2;1-2,4-6H,3H2,(H,20,21). The number of Topliss-reactive ketones (excluding diaryl/α,β-unsaturated/α-hetero) is 2. The molecular formula is C56H44Br3Cl3F3N3O10S3. The number of ether oxygens (including phenoxy) is 4. The summed E-state index contributed by atoms with van der Waals surface area (Å²) in [6, 6.07) is 20.6. The minimum Gasteiger partial charge on any atom is -0.478 e. The highest BCUT2D eigenvalue weighted by molar-refractivity contribution is 9.11. The zero-order valence-corrected chi connectivity index (χ0v) is 51.8. The second-order valence-corrected chi connectivity index (χ2v) is 25.1. The Morgan fingerprint density at radius 1 is 0.654 bits per heavy atom. The predicted molar refractivity (Wildman–Crippen MR) is 320 cm³/mol. The molecule has 81 heavy (non-hydrogen) atoms. The molecule has 2 unspecified atom stereocenters. The fraction of sp³-hybridized carbons (Fsp3) is 0.250. The zero-order chi connectivity index (χ0) is 58.3. The van der Waals surface area contributed by atoms with Crippen molar-refractivity contribution in [2.75, 3.05) is 39.6 Å². The number of carboxylic acids is 1. The zero-order valence-electron chi connectivity index (χ0n) is 42.3. The van der Waals surface area contributed by atoms with Crippen LogP contribution < -0.4 is 0 Å². The van der Waals surface area contributed by atoms with Crippen molar-refractivity contribution in [2.24, 2.45) is 0 Å². The molecule has 0 amide bonds. The second-order valence-electron chi connectivity index (χ2n) is 18.5. The highest BCUT2D eigenvalue weighted by Gasteiger charge is 2.33. The number of aromatic nitrogens is 3. The van der Waals surface area contributed by atoms with Crippen molar-refractivity contribution in [1.82, 2.24) is 15.0 Å². The summed E-state index contributed by atoms with van der Waals surface area (Å²) in [4.78, 5) is 49.3. The molecule has 9 aromatic rings. The van der Waals surface area contributed by atoms with Gasteiger partial charge in [-0.2, -0.15) is 0 Å². The Hall–Kier alpha value is -4.34. The van der Waals surface area contributed by atoms with Gasteiger partial charge >= 0.3 is 5.97 Å². The topological polar surface area (TPSA) is 187 Å². The van der Waals surface area contributed by atoms with E-state index in [0.29, 0.717) is 52.5 Å². The van der Waals surface area contributed by atoms with Gasteiger partial charge in [-0.05, 0) is 85.1 Å². The number of aromatic carboxylic acids is 1. The van der Waals surface area contributed by atoms with Crippen LogP contribution in [0, 0.1) is 17.5 Å². The molecule has 3 aromatic heterocycles. The minimum absolute atomic E-state index is 0.0618. The Labute approximate surface area is 513 Å². The van der Waals surface area contributed by atoms with Crippen molar-refractivity contribution in [1.29, 1.82) is 0 Å². The Bertz CT molecular complexity index is 3820. The van der Waals surface area contributed by atoms with E-state index in [2.05, 4.69) is 62.7 Å². The molecule has 25 heteroatoms. The fourth-order valence-electron chi connectivity index (χ4n) is 8.40. The van der Waals surface area contributed by atoms with Crippen LogP contribution in [-0.4, -0.2) is 105 Å². The molecule has 3 N–H and O–H groups in total. The van der Waals surface area contributed by atoms with Gasteiger partial charge in [0.1, 0.15) is 42.0 Å². The molecule has 0 radical (unpaired) electrons. The summed E-state index contributed by atoms with van der Waals surface area (Å²) >= 11 is 32.5. The Kier molecular flexibility index (Phi) is 21.7. The van der Waals surface area contributed by atoms with Gasteiger partial charge in [-0.1, -0.05) is 101 Å². The smallest absolute Gasteiger partial charge is 0.336 e. The van der Waals surface area contributed by atoms with Crippen molar-refractivity contribution in [3.63, 3.8) is 0 Å². The SMILES string of the molecule is CC1(C)OCC(COCC(=O)c2cc3scnc3c(F)c2Cc2ccc(Br)cc2Cl)O1.O=C(COCC(O)CO)c1cc2scnc2c(F)c1Cc1ccc(Br)cc1Cl.O=C(O)c1cc2scnc2c(F)c1Cc1ccc(Br)cc1Cl. The Morgan fingerprint density at radius 3 is 1.40 bits per heavy atom. The van der Waals surface area contributed by atoms with Gasteiger partial charge in [-0.3, -0.25) is 9.59 Å². The van der Waals surface area contributed by atoms with E-state index in [9.17, 15) is 29.0 Å². The highest BCUT2D eigenvalue weighted by atomic mass is 79.9. The number of carbonyl (C=O) groups excluding carboxylic acids is 2. The lowest BCUT2D eigenvalue weighted by atomic mass is 9.96. The van der Waals surface area contributed by atoms with Gasteiger partial charge in [-0.15, -0.1) is 34.0 Å². The Balaban J connectivity index is 0.000000162. The molecule has 0 aliphatic carbocycles. The average molecular weight is 1420 g/mol. The summed E-state index contributed by atoms with van der Waals surface area (Å²) < 4.78 is 71.2. The molecule has 6 aromatic carbocycles. The first-order valence-electron chi connectivity index (χ1n) is 24.1. The van der Waals surface area contributed by atoms with Crippen LogP contribution in [0.3, 0.4) is 0 Å². The van der Waals surface area contributed by atoms with E-state index in [1.165, 1.54) is 51.1 Å². The number of hydrogen-bond acceptors (Lipinski definition) is 15. The maximum atomic E-state index is 15.3. The second kappa shape index (κ2) is 28.0. The van der Waals surface area contributed by atoms with Crippen LogP contribution in [0.1, 0.15) is 78.3 Å². The maximum Gasteiger partial charge on any atom is 0.336 e. The summed E-state index contributed by atoms with van der Waals surface area (Å²) in [6.07, 6.45) is -0.946. The molecule has 2 atom stereocenters. The number of nitrogens with zero attached hydrogens (tertiary/aromatic N) is 3. The third kappa shape index (κ3) is 15.7. The van der Waals surface area contributed by atoms with Crippen molar-refractivity contribution >= 4 is 165 Å². The maximum absolute atomic E-state index is 15.3. The van der Waals surface area contributed by atoms with Crippen molar-refractivity contribution in [3.05, 3.63) is 185 Å². The van der Waals surface area contributed by atoms with Crippen LogP contribution in [-0.2, 0) is 38.2 Å². The number of fused-ring (bicyclic) bond motifs is 3. The van der Waals surface area contributed by atoms with Gasteiger partial charge in [0.2, 0.25) is 0 Å². The van der Waals surface area contributed by atoms with E-state index < -0.39 is 47.7 Å². The quantitative estimate of drug-likeness (QED) is 0.0689. The van der Waals surface area contributed by atoms with Gasteiger partial charge in [0.25, 0.3) is 0 Å².